The molecule has 112 valence electrons. The van der Waals surface area contributed by atoms with Crippen molar-refractivity contribution in [3.05, 3.63) is 29.8 Å². The topological polar surface area (TPSA) is 70.2 Å². The highest BCUT2D eigenvalue weighted by molar-refractivity contribution is 5.98. The van der Waals surface area contributed by atoms with E-state index in [4.69, 9.17) is 0 Å². The largest absolute Gasteiger partial charge is 0.349 e. The number of anilines is 1. The van der Waals surface area contributed by atoms with Gasteiger partial charge < -0.3 is 16.0 Å². The summed E-state index contributed by atoms with van der Waals surface area (Å²) in [5.74, 6) is 0.160. The third-order valence-electron chi connectivity index (χ3n) is 4.01. The minimum Gasteiger partial charge on any atom is -0.349 e. The second-order valence-corrected chi connectivity index (χ2v) is 5.84. The zero-order chi connectivity index (χ0) is 14.7. The lowest BCUT2D eigenvalue weighted by molar-refractivity contribution is -0.117. The normalized spacial score (nSPS) is 19.0. The van der Waals surface area contributed by atoms with E-state index >= 15 is 0 Å². The van der Waals surface area contributed by atoms with Gasteiger partial charge in [0.25, 0.3) is 5.91 Å². The van der Waals surface area contributed by atoms with E-state index in [1.165, 1.54) is 0 Å². The molecule has 0 unspecified atom stereocenters. The molecule has 5 heteroatoms. The molecule has 1 aromatic rings. The number of hydrogen-bond acceptors (Lipinski definition) is 3. The van der Waals surface area contributed by atoms with Crippen molar-refractivity contribution in [2.24, 2.45) is 5.92 Å². The van der Waals surface area contributed by atoms with Crippen LogP contribution in [0.2, 0.25) is 0 Å². The predicted octanol–water partition coefficient (Wildman–Crippen LogP) is 1.52. The van der Waals surface area contributed by atoms with Crippen LogP contribution >= 0.6 is 0 Å². The van der Waals surface area contributed by atoms with Crippen molar-refractivity contribution >= 4 is 17.5 Å². The molecule has 2 fully saturated rings. The van der Waals surface area contributed by atoms with Gasteiger partial charge in [0.05, 0.1) is 0 Å². The van der Waals surface area contributed by atoms with Crippen molar-refractivity contribution in [1.29, 1.82) is 0 Å². The van der Waals surface area contributed by atoms with Gasteiger partial charge in [-0.25, -0.2) is 0 Å². The average Bonchev–Trinajstić information content (AvgIpc) is 3.33. The number of hydrogen-bond donors (Lipinski definition) is 3. The third kappa shape index (κ3) is 3.82. The summed E-state index contributed by atoms with van der Waals surface area (Å²) in [6.07, 6.45) is 3.87. The van der Waals surface area contributed by atoms with Crippen LogP contribution in [-0.2, 0) is 4.79 Å². The Balaban J connectivity index is 1.61. The fourth-order valence-electron chi connectivity index (χ4n) is 2.56. The van der Waals surface area contributed by atoms with Crippen molar-refractivity contribution in [2.75, 3.05) is 18.4 Å². The maximum absolute atomic E-state index is 12.3. The first-order valence-electron chi connectivity index (χ1n) is 7.65. The number of carbonyl (C=O) groups is 2. The molecule has 1 aliphatic carbocycles. The summed E-state index contributed by atoms with van der Waals surface area (Å²) in [6.45, 7) is 1.89. The Kier molecular flexibility index (Phi) is 4.20. The lowest BCUT2D eigenvalue weighted by Crippen LogP contribution is -2.42. The van der Waals surface area contributed by atoms with Crippen LogP contribution in [-0.4, -0.2) is 30.9 Å². The van der Waals surface area contributed by atoms with Crippen molar-refractivity contribution in [3.8, 4) is 0 Å². The Morgan fingerprint density at radius 2 is 1.86 bits per heavy atom. The van der Waals surface area contributed by atoms with E-state index in [0.717, 1.165) is 38.8 Å². The molecule has 3 N–H and O–H groups in total. The van der Waals surface area contributed by atoms with Gasteiger partial charge in [0, 0.05) is 23.2 Å². The molecule has 1 heterocycles. The minimum atomic E-state index is -0.0654. The smallest absolute Gasteiger partial charge is 0.251 e. The van der Waals surface area contributed by atoms with E-state index in [2.05, 4.69) is 16.0 Å². The molecule has 0 aromatic heterocycles. The third-order valence-corrected chi connectivity index (χ3v) is 4.01. The molecule has 1 aliphatic heterocycles. The quantitative estimate of drug-likeness (QED) is 0.786. The van der Waals surface area contributed by atoms with Gasteiger partial charge in [-0.2, -0.15) is 0 Å². The second kappa shape index (κ2) is 6.26. The van der Waals surface area contributed by atoms with Crippen LogP contribution in [0, 0.1) is 5.92 Å². The van der Waals surface area contributed by atoms with E-state index < -0.39 is 0 Å². The summed E-state index contributed by atoms with van der Waals surface area (Å²) < 4.78 is 0. The SMILES string of the molecule is O=C(NC1CCNCC1)c1cccc(NC(=O)C2CC2)c1. The molecule has 5 nitrogen and oxygen atoms in total. The number of amides is 2. The summed E-state index contributed by atoms with van der Waals surface area (Å²) >= 11 is 0. The molecular formula is C16H21N3O2. The van der Waals surface area contributed by atoms with Gasteiger partial charge in [-0.05, 0) is 57.0 Å². The summed E-state index contributed by atoms with van der Waals surface area (Å²) in [7, 11) is 0. The van der Waals surface area contributed by atoms with Gasteiger partial charge in [0.1, 0.15) is 0 Å². The minimum absolute atomic E-state index is 0.0610. The summed E-state index contributed by atoms with van der Waals surface area (Å²) in [5, 5.41) is 9.21. The van der Waals surface area contributed by atoms with Gasteiger partial charge in [0.2, 0.25) is 5.91 Å². The van der Waals surface area contributed by atoms with E-state index in [0.29, 0.717) is 11.3 Å². The maximum atomic E-state index is 12.3. The first-order valence-corrected chi connectivity index (χ1v) is 7.65. The lowest BCUT2D eigenvalue weighted by Gasteiger charge is -2.23. The highest BCUT2D eigenvalue weighted by Gasteiger charge is 2.29. The van der Waals surface area contributed by atoms with Crippen molar-refractivity contribution in [2.45, 2.75) is 31.7 Å². The Hall–Kier alpha value is -1.88. The van der Waals surface area contributed by atoms with E-state index in [-0.39, 0.29) is 23.8 Å². The molecule has 21 heavy (non-hydrogen) atoms. The lowest BCUT2D eigenvalue weighted by atomic mass is 10.1. The molecule has 0 radical (unpaired) electrons. The monoisotopic (exact) mass is 287 g/mol. The zero-order valence-corrected chi connectivity index (χ0v) is 12.0. The molecule has 1 saturated carbocycles. The highest BCUT2D eigenvalue weighted by atomic mass is 16.2. The fraction of sp³-hybridized carbons (Fsp3) is 0.500. The molecule has 0 bridgehead atoms. The summed E-state index contributed by atoms with van der Waals surface area (Å²) in [5.41, 5.74) is 1.30. The molecule has 1 aromatic carbocycles. The maximum Gasteiger partial charge on any atom is 0.251 e. The van der Waals surface area contributed by atoms with Gasteiger partial charge in [-0.3, -0.25) is 9.59 Å². The molecule has 3 rings (SSSR count). The Labute approximate surface area is 124 Å². The molecular weight excluding hydrogens is 266 g/mol. The van der Waals surface area contributed by atoms with Crippen molar-refractivity contribution in [3.63, 3.8) is 0 Å². The van der Waals surface area contributed by atoms with Crippen LogP contribution in [0.25, 0.3) is 0 Å². The molecule has 2 aliphatic rings. The van der Waals surface area contributed by atoms with Gasteiger partial charge in [-0.1, -0.05) is 6.07 Å². The first-order chi connectivity index (χ1) is 10.2. The summed E-state index contributed by atoms with van der Waals surface area (Å²) in [6, 6.07) is 7.39. The number of carbonyl (C=O) groups excluding carboxylic acids is 2. The molecule has 0 spiro atoms. The second-order valence-electron chi connectivity index (χ2n) is 5.84. The zero-order valence-electron chi connectivity index (χ0n) is 12.0. The van der Waals surface area contributed by atoms with Crippen molar-refractivity contribution < 1.29 is 9.59 Å². The van der Waals surface area contributed by atoms with Gasteiger partial charge in [0.15, 0.2) is 0 Å². The Morgan fingerprint density at radius 1 is 1.10 bits per heavy atom. The molecule has 1 saturated heterocycles. The van der Waals surface area contributed by atoms with E-state index in [1.807, 2.05) is 6.07 Å². The van der Waals surface area contributed by atoms with Crippen molar-refractivity contribution in [1.82, 2.24) is 10.6 Å². The molecule has 0 atom stereocenters. The van der Waals surface area contributed by atoms with E-state index in [9.17, 15) is 9.59 Å². The standard InChI is InChI=1S/C16H21N3O2/c20-15(11-4-5-11)19-14-3-1-2-12(10-14)16(21)18-13-6-8-17-9-7-13/h1-3,10-11,13,17H,4-9H2,(H,18,21)(H,19,20). The van der Waals surface area contributed by atoms with Gasteiger partial charge in [-0.15, -0.1) is 0 Å². The number of benzene rings is 1. The Bertz CT molecular complexity index is 534. The number of rotatable bonds is 4. The first kappa shape index (κ1) is 14.1. The highest BCUT2D eigenvalue weighted by Crippen LogP contribution is 2.30. The van der Waals surface area contributed by atoms with Crippen LogP contribution in [0.15, 0.2) is 24.3 Å². The van der Waals surface area contributed by atoms with Gasteiger partial charge >= 0.3 is 0 Å². The Morgan fingerprint density at radius 3 is 2.57 bits per heavy atom. The van der Waals surface area contributed by atoms with Crippen LogP contribution < -0.4 is 16.0 Å². The predicted molar refractivity (Wildman–Crippen MR) is 81.2 cm³/mol. The number of nitrogens with one attached hydrogen (secondary N) is 3. The van der Waals surface area contributed by atoms with Crippen LogP contribution in [0.5, 0.6) is 0 Å². The average molecular weight is 287 g/mol. The van der Waals surface area contributed by atoms with Crippen LogP contribution in [0.1, 0.15) is 36.0 Å². The molecule has 2 amide bonds. The number of piperidine rings is 1. The summed E-state index contributed by atoms with van der Waals surface area (Å²) in [4.78, 5) is 24.0. The van der Waals surface area contributed by atoms with Crippen LogP contribution in [0.3, 0.4) is 0 Å². The fourth-order valence-corrected chi connectivity index (χ4v) is 2.56. The van der Waals surface area contributed by atoms with E-state index in [1.54, 1.807) is 18.2 Å². The van der Waals surface area contributed by atoms with Crippen LogP contribution in [0.4, 0.5) is 5.69 Å².